The van der Waals surface area contributed by atoms with Crippen molar-refractivity contribution in [1.82, 2.24) is 15.1 Å². The Morgan fingerprint density at radius 1 is 0.974 bits per heavy atom. The van der Waals surface area contributed by atoms with E-state index in [9.17, 15) is 27.6 Å². The number of carbonyl (C=O) groups excluding carboxylic acids is 3. The molecule has 2 aliphatic rings. The van der Waals surface area contributed by atoms with Crippen LogP contribution in [0.1, 0.15) is 53.2 Å². The number of rotatable bonds is 6. The molecule has 1 aliphatic heterocycles. The molecule has 11 heteroatoms. The lowest BCUT2D eigenvalue weighted by Crippen LogP contribution is -2.56. The van der Waals surface area contributed by atoms with Crippen molar-refractivity contribution in [3.8, 4) is 0 Å². The van der Waals surface area contributed by atoms with E-state index in [4.69, 9.17) is 17.3 Å². The highest BCUT2D eigenvalue weighted by Crippen LogP contribution is 2.33. The van der Waals surface area contributed by atoms with Crippen molar-refractivity contribution < 1.29 is 27.6 Å². The molecule has 204 valence electrons. The van der Waals surface area contributed by atoms with Crippen LogP contribution in [0.25, 0.3) is 0 Å². The molecule has 1 heterocycles. The number of carbonyl (C=O) groups is 3. The fraction of sp³-hybridized carbons (Fsp3) is 0.444. The maximum absolute atomic E-state index is 13.3. The van der Waals surface area contributed by atoms with Crippen molar-refractivity contribution in [2.75, 3.05) is 26.2 Å². The molecule has 7 nitrogen and oxygen atoms in total. The van der Waals surface area contributed by atoms with Crippen molar-refractivity contribution >= 4 is 29.3 Å². The summed E-state index contributed by atoms with van der Waals surface area (Å²) in [5, 5.41) is 2.60. The van der Waals surface area contributed by atoms with Crippen LogP contribution in [0.5, 0.6) is 0 Å². The number of hydrogen-bond donors (Lipinski definition) is 2. The van der Waals surface area contributed by atoms with Crippen LogP contribution < -0.4 is 11.1 Å². The van der Waals surface area contributed by atoms with Crippen molar-refractivity contribution in [1.29, 1.82) is 0 Å². The summed E-state index contributed by atoms with van der Waals surface area (Å²) in [6.07, 6.45) is -1.20. The summed E-state index contributed by atoms with van der Waals surface area (Å²) in [6.45, 7) is 1.73. The van der Waals surface area contributed by atoms with Crippen LogP contribution >= 0.6 is 11.6 Å². The normalized spacial score (nSPS) is 21.5. The Morgan fingerprint density at radius 2 is 1.63 bits per heavy atom. The zero-order valence-corrected chi connectivity index (χ0v) is 21.5. The lowest BCUT2D eigenvalue weighted by atomic mass is 9.82. The van der Waals surface area contributed by atoms with E-state index in [-0.39, 0.29) is 28.5 Å². The maximum atomic E-state index is 13.3. The van der Waals surface area contributed by atoms with Gasteiger partial charge >= 0.3 is 6.18 Å². The Bertz CT molecular complexity index is 1170. The second-order valence-corrected chi connectivity index (χ2v) is 10.1. The van der Waals surface area contributed by atoms with Gasteiger partial charge in [-0.3, -0.25) is 19.3 Å². The number of nitrogens with zero attached hydrogens (tertiary/aromatic N) is 2. The summed E-state index contributed by atoms with van der Waals surface area (Å²) in [5.41, 5.74) is 5.33. The average Bonchev–Trinajstić information content (AvgIpc) is 2.91. The summed E-state index contributed by atoms with van der Waals surface area (Å²) in [4.78, 5) is 42.2. The first-order chi connectivity index (χ1) is 18.1. The number of hydrogen-bond acceptors (Lipinski definition) is 4. The smallest absolute Gasteiger partial charge is 0.368 e. The highest BCUT2D eigenvalue weighted by Gasteiger charge is 2.38. The van der Waals surface area contributed by atoms with E-state index in [0.717, 1.165) is 37.5 Å². The molecule has 38 heavy (non-hydrogen) atoms. The topological polar surface area (TPSA) is 95.7 Å². The lowest BCUT2D eigenvalue weighted by Gasteiger charge is -2.44. The fourth-order valence-electron chi connectivity index (χ4n) is 5.36. The highest BCUT2D eigenvalue weighted by molar-refractivity contribution is 6.33. The minimum atomic E-state index is -4.54. The number of nitrogens with one attached hydrogen (secondary N) is 1. The molecule has 0 unspecified atom stereocenters. The molecule has 1 saturated heterocycles. The van der Waals surface area contributed by atoms with Gasteiger partial charge in [0.25, 0.3) is 5.91 Å². The Hall–Kier alpha value is -3.11. The van der Waals surface area contributed by atoms with Crippen LogP contribution in [0.3, 0.4) is 0 Å². The van der Waals surface area contributed by atoms with Gasteiger partial charge in [-0.05, 0) is 36.6 Å². The number of alkyl halides is 3. The van der Waals surface area contributed by atoms with Gasteiger partial charge in [0.2, 0.25) is 11.8 Å². The van der Waals surface area contributed by atoms with Gasteiger partial charge in [0.1, 0.15) is 6.04 Å². The van der Waals surface area contributed by atoms with Gasteiger partial charge in [0.05, 0.1) is 22.1 Å². The first-order valence-electron chi connectivity index (χ1n) is 12.6. The standard InChI is InChI=1S/C27H30ClF3N4O3/c28-21-16-18(27(29,30)31)10-11-19(21)26(38)35-14-12-34(13-15-35)22-9-5-4-8-20(22)25(37)33-23(24(32)36)17-6-2-1-3-7-17/h1-3,6-7,10-11,16,20,22-23H,4-5,8-9,12-15H2,(H2,32,36)(H,33,37)/t20-,22-,23+/m1/s1. The van der Waals surface area contributed by atoms with Crippen LogP contribution in [-0.2, 0) is 15.8 Å². The fourth-order valence-corrected chi connectivity index (χ4v) is 5.62. The molecule has 3 atom stereocenters. The molecule has 0 spiro atoms. The first kappa shape index (κ1) is 27.9. The van der Waals surface area contributed by atoms with Crippen LogP contribution in [-0.4, -0.2) is 59.7 Å². The number of halogens is 4. The van der Waals surface area contributed by atoms with Gasteiger partial charge in [-0.2, -0.15) is 13.2 Å². The zero-order valence-electron chi connectivity index (χ0n) is 20.7. The SMILES string of the molecule is NC(=O)[C@@H](NC(=O)[C@@H]1CCCC[C@H]1N1CCN(C(=O)c2ccc(C(F)(F)F)cc2Cl)CC1)c1ccccc1. The molecular formula is C27H30ClF3N4O3. The molecule has 1 saturated carbocycles. The van der Waals surface area contributed by atoms with E-state index >= 15 is 0 Å². The van der Waals surface area contributed by atoms with Crippen LogP contribution in [0, 0.1) is 5.92 Å². The number of primary amides is 1. The van der Waals surface area contributed by atoms with Crippen LogP contribution in [0.2, 0.25) is 5.02 Å². The van der Waals surface area contributed by atoms with Gasteiger partial charge in [0.15, 0.2) is 0 Å². The number of piperazine rings is 1. The van der Waals surface area contributed by atoms with E-state index in [1.807, 2.05) is 6.07 Å². The molecule has 0 radical (unpaired) electrons. The van der Waals surface area contributed by atoms with E-state index in [1.54, 1.807) is 29.2 Å². The molecule has 3 amide bonds. The van der Waals surface area contributed by atoms with Gasteiger partial charge in [-0.25, -0.2) is 0 Å². The second kappa shape index (κ2) is 11.7. The quantitative estimate of drug-likeness (QED) is 0.568. The monoisotopic (exact) mass is 550 g/mol. The van der Waals surface area contributed by atoms with Crippen LogP contribution in [0.15, 0.2) is 48.5 Å². The predicted molar refractivity (Wildman–Crippen MR) is 136 cm³/mol. The van der Waals surface area contributed by atoms with E-state index in [0.29, 0.717) is 38.2 Å². The first-order valence-corrected chi connectivity index (χ1v) is 13.0. The molecule has 1 aliphatic carbocycles. The van der Waals surface area contributed by atoms with Crippen molar-refractivity contribution in [3.05, 3.63) is 70.2 Å². The van der Waals surface area contributed by atoms with Gasteiger partial charge in [0, 0.05) is 32.2 Å². The highest BCUT2D eigenvalue weighted by atomic mass is 35.5. The third-order valence-corrected chi connectivity index (χ3v) is 7.68. The average molecular weight is 551 g/mol. The summed E-state index contributed by atoms with van der Waals surface area (Å²) in [6, 6.07) is 10.6. The number of amides is 3. The summed E-state index contributed by atoms with van der Waals surface area (Å²) >= 11 is 6.03. The molecule has 2 aromatic carbocycles. The van der Waals surface area contributed by atoms with Gasteiger partial charge < -0.3 is 16.0 Å². The van der Waals surface area contributed by atoms with Gasteiger partial charge in [-0.1, -0.05) is 54.8 Å². The minimum absolute atomic E-state index is 0.0291. The Balaban J connectivity index is 1.40. The Labute approximate surface area is 224 Å². The molecule has 4 rings (SSSR count). The minimum Gasteiger partial charge on any atom is -0.368 e. The number of nitrogens with two attached hydrogens (primary N) is 1. The summed E-state index contributed by atoms with van der Waals surface area (Å²) in [5.74, 6) is -1.61. The molecule has 3 N–H and O–H groups in total. The maximum Gasteiger partial charge on any atom is 0.416 e. The second-order valence-electron chi connectivity index (χ2n) is 9.73. The third-order valence-electron chi connectivity index (χ3n) is 7.37. The number of benzene rings is 2. The third kappa shape index (κ3) is 6.30. The summed E-state index contributed by atoms with van der Waals surface area (Å²) < 4.78 is 38.8. The zero-order chi connectivity index (χ0) is 27.4. The van der Waals surface area contributed by atoms with E-state index in [1.165, 1.54) is 0 Å². The molecule has 0 bridgehead atoms. The largest absolute Gasteiger partial charge is 0.416 e. The van der Waals surface area contributed by atoms with Crippen LogP contribution in [0.4, 0.5) is 13.2 Å². The van der Waals surface area contributed by atoms with Crippen molar-refractivity contribution in [2.24, 2.45) is 11.7 Å². The van der Waals surface area contributed by atoms with Crippen molar-refractivity contribution in [2.45, 2.75) is 43.9 Å². The van der Waals surface area contributed by atoms with Gasteiger partial charge in [-0.15, -0.1) is 0 Å². The van der Waals surface area contributed by atoms with E-state index < -0.39 is 29.6 Å². The Morgan fingerprint density at radius 3 is 2.24 bits per heavy atom. The molecular weight excluding hydrogens is 521 g/mol. The predicted octanol–water partition coefficient (Wildman–Crippen LogP) is 4.02. The Kier molecular flexibility index (Phi) is 8.62. The lowest BCUT2D eigenvalue weighted by molar-refractivity contribution is -0.137. The summed E-state index contributed by atoms with van der Waals surface area (Å²) in [7, 11) is 0. The van der Waals surface area contributed by atoms with E-state index in [2.05, 4.69) is 10.2 Å². The molecule has 0 aromatic heterocycles. The molecule has 2 aromatic rings. The van der Waals surface area contributed by atoms with Crippen molar-refractivity contribution in [3.63, 3.8) is 0 Å². The molecule has 2 fully saturated rings.